The number of hydrogen-bond acceptors (Lipinski definition) is 7. The molecule has 6 radical (unpaired) electrons. The monoisotopic (exact) mass is 436 g/mol. The van der Waals surface area contributed by atoms with Crippen molar-refractivity contribution in [3.63, 3.8) is 0 Å². The first-order valence-electron chi connectivity index (χ1n) is 8.11. The molecular weight excluding hydrogens is 425 g/mol. The molecule has 1 atom stereocenters. The first kappa shape index (κ1) is 21.8. The molecule has 0 saturated carbocycles. The lowest BCUT2D eigenvalue weighted by atomic mass is 9.32. The minimum absolute atomic E-state index is 0.0668. The van der Waals surface area contributed by atoms with E-state index in [9.17, 15) is 18.0 Å². The van der Waals surface area contributed by atoms with E-state index in [1.807, 2.05) is 0 Å². The van der Waals surface area contributed by atoms with Crippen LogP contribution in [0.4, 0.5) is 29.9 Å². The zero-order valence-corrected chi connectivity index (χ0v) is 16.5. The first-order chi connectivity index (χ1) is 13.4. The van der Waals surface area contributed by atoms with E-state index in [4.69, 9.17) is 35.1 Å². The smallest absolute Gasteiger partial charge is 0.372 e. The van der Waals surface area contributed by atoms with Gasteiger partial charge in [-0.3, -0.25) is 4.79 Å². The first-order valence-corrected chi connectivity index (χ1v) is 9.30. The molecule has 0 spiro atoms. The van der Waals surface area contributed by atoms with Crippen molar-refractivity contribution in [3.05, 3.63) is 21.9 Å². The maximum absolute atomic E-state index is 13.0. The molecule has 146 valence electrons. The van der Waals surface area contributed by atoms with Gasteiger partial charge < -0.3 is 16.0 Å². The number of amides is 1. The number of thiazole rings is 1. The fourth-order valence-electron chi connectivity index (χ4n) is 2.93. The second-order valence-electron chi connectivity index (χ2n) is 6.31. The van der Waals surface area contributed by atoms with Crippen LogP contribution in [0, 0.1) is 0 Å². The van der Waals surface area contributed by atoms with Crippen LogP contribution >= 0.6 is 22.9 Å². The summed E-state index contributed by atoms with van der Waals surface area (Å²) in [5.41, 5.74) is -2.54. The van der Waals surface area contributed by atoms with Gasteiger partial charge in [0.1, 0.15) is 21.4 Å². The Kier molecular flexibility index (Phi) is 5.54. The van der Waals surface area contributed by atoms with Crippen LogP contribution in [0.15, 0.2) is 6.20 Å². The molecule has 2 aromatic rings. The summed E-state index contributed by atoms with van der Waals surface area (Å²) in [7, 11) is 18.9. The number of aromatic nitrogens is 3. The summed E-state index contributed by atoms with van der Waals surface area (Å²) in [5.74, 6) is -1.08. The van der Waals surface area contributed by atoms with Crippen molar-refractivity contribution >= 4 is 69.2 Å². The zero-order chi connectivity index (χ0) is 21.6. The third-order valence-corrected chi connectivity index (χ3v) is 5.94. The second-order valence-corrected chi connectivity index (χ2v) is 7.67. The van der Waals surface area contributed by atoms with E-state index in [-0.39, 0.29) is 27.5 Å². The normalized spacial score (nSPS) is 19.8. The van der Waals surface area contributed by atoms with Crippen LogP contribution < -0.4 is 16.0 Å². The van der Waals surface area contributed by atoms with Crippen LogP contribution in [0.25, 0.3) is 0 Å². The van der Waals surface area contributed by atoms with E-state index in [1.165, 1.54) is 7.05 Å². The molecule has 0 bridgehead atoms. The van der Waals surface area contributed by atoms with E-state index < -0.39 is 34.0 Å². The number of carbonyl (C=O) groups excluding carboxylic acids is 1. The molecular formula is C14H11B3ClF3N6OS. The van der Waals surface area contributed by atoms with Crippen molar-refractivity contribution in [2.75, 3.05) is 24.2 Å². The lowest BCUT2D eigenvalue weighted by Gasteiger charge is -2.39. The fourth-order valence-corrected chi connectivity index (χ4v) is 4.38. The third kappa shape index (κ3) is 3.79. The van der Waals surface area contributed by atoms with Crippen molar-refractivity contribution < 1.29 is 18.0 Å². The van der Waals surface area contributed by atoms with Gasteiger partial charge in [0.25, 0.3) is 0 Å². The summed E-state index contributed by atoms with van der Waals surface area (Å²) in [6.45, 7) is 0.291. The van der Waals surface area contributed by atoms with Crippen LogP contribution in [0.2, 0.25) is 10.3 Å². The second kappa shape index (κ2) is 7.39. The molecule has 1 aliphatic heterocycles. The molecule has 0 aromatic carbocycles. The number of anilines is 3. The highest BCUT2D eigenvalue weighted by molar-refractivity contribution is 7.16. The molecule has 1 amide bonds. The quantitative estimate of drug-likeness (QED) is 0.619. The van der Waals surface area contributed by atoms with Gasteiger partial charge in [0.15, 0.2) is 5.15 Å². The number of carbonyl (C=O) groups is 1. The van der Waals surface area contributed by atoms with Crippen molar-refractivity contribution in [3.8, 4) is 0 Å². The SMILES string of the molecule is [B]C([B])([B])[C@]1(c2nc(Cl)c(Nc3ncc(C(F)(F)F)c(NC)n3)s2)CCNC1=O. The molecule has 1 fully saturated rings. The highest BCUT2D eigenvalue weighted by Crippen LogP contribution is 2.49. The highest BCUT2D eigenvalue weighted by Gasteiger charge is 2.53. The molecule has 0 unspecified atom stereocenters. The summed E-state index contributed by atoms with van der Waals surface area (Å²) < 4.78 is 38.9. The molecule has 15 heteroatoms. The molecule has 3 N–H and O–H groups in total. The molecule has 29 heavy (non-hydrogen) atoms. The van der Waals surface area contributed by atoms with Gasteiger partial charge in [-0.05, 0) is 6.42 Å². The summed E-state index contributed by atoms with van der Waals surface area (Å²) in [6.07, 6.45) is -3.80. The predicted octanol–water partition coefficient (Wildman–Crippen LogP) is 1.73. The molecule has 3 rings (SSSR count). The lowest BCUT2D eigenvalue weighted by molar-refractivity contribution is -0.137. The van der Waals surface area contributed by atoms with Crippen LogP contribution in [-0.2, 0) is 16.4 Å². The Bertz CT molecular complexity index is 954. The minimum Gasteiger partial charge on any atom is -0.372 e. The largest absolute Gasteiger partial charge is 0.421 e. The maximum Gasteiger partial charge on any atom is 0.421 e. The number of hydrogen-bond donors (Lipinski definition) is 3. The molecule has 7 nitrogen and oxygen atoms in total. The maximum atomic E-state index is 13.0. The third-order valence-electron chi connectivity index (χ3n) is 4.42. The van der Waals surface area contributed by atoms with Crippen LogP contribution in [-0.4, -0.2) is 58.0 Å². The van der Waals surface area contributed by atoms with E-state index in [0.717, 1.165) is 11.3 Å². The molecule has 3 heterocycles. The van der Waals surface area contributed by atoms with Crippen molar-refractivity contribution in [1.82, 2.24) is 20.3 Å². The van der Waals surface area contributed by atoms with Crippen molar-refractivity contribution in [1.29, 1.82) is 0 Å². The van der Waals surface area contributed by atoms with Crippen LogP contribution in [0.3, 0.4) is 0 Å². The van der Waals surface area contributed by atoms with Crippen molar-refractivity contribution in [2.45, 2.75) is 23.1 Å². The predicted molar refractivity (Wildman–Crippen MR) is 106 cm³/mol. The van der Waals surface area contributed by atoms with Crippen LogP contribution in [0.5, 0.6) is 0 Å². The topological polar surface area (TPSA) is 91.8 Å². The van der Waals surface area contributed by atoms with Gasteiger partial charge in [-0.25, -0.2) is 9.97 Å². The summed E-state index contributed by atoms with van der Waals surface area (Å²) in [5, 5.41) is 6.03. The Morgan fingerprint density at radius 3 is 2.52 bits per heavy atom. The van der Waals surface area contributed by atoms with Crippen molar-refractivity contribution in [2.24, 2.45) is 0 Å². The fraction of sp³-hybridized carbons (Fsp3) is 0.429. The average molecular weight is 436 g/mol. The summed E-state index contributed by atoms with van der Waals surface area (Å²) in [4.78, 5) is 24.1. The van der Waals surface area contributed by atoms with Gasteiger partial charge in [0.2, 0.25) is 11.9 Å². The van der Waals surface area contributed by atoms with Gasteiger partial charge >= 0.3 is 6.18 Å². The highest BCUT2D eigenvalue weighted by atomic mass is 35.5. The Labute approximate surface area is 176 Å². The number of nitrogens with one attached hydrogen (secondary N) is 3. The van der Waals surface area contributed by atoms with Gasteiger partial charge in [-0.1, -0.05) is 22.9 Å². The Morgan fingerprint density at radius 2 is 2.00 bits per heavy atom. The Hall–Kier alpha value is -1.95. The number of halogens is 4. The standard InChI is InChI=1S/C14H11B3ClF3N6OS/c1-22-7-5(13(19,20)21)4-24-11(26-7)27-8-6(18)25-10(29-8)12(14(15,16)17)2-3-23-9(12)28/h4H,2-3H2,1H3,(H,23,28)(H2,22,24,26,27)/t12-/m1/s1. The Morgan fingerprint density at radius 1 is 1.31 bits per heavy atom. The van der Waals surface area contributed by atoms with Gasteiger partial charge in [-0.2, -0.15) is 18.2 Å². The molecule has 1 aliphatic rings. The van der Waals surface area contributed by atoms with Gasteiger partial charge in [0.05, 0.1) is 29.0 Å². The number of nitrogens with zero attached hydrogens (tertiary/aromatic N) is 3. The molecule has 0 aliphatic carbocycles. The minimum atomic E-state index is -4.62. The molecule has 2 aromatic heterocycles. The zero-order valence-electron chi connectivity index (χ0n) is 14.9. The Balaban J connectivity index is 1.97. The average Bonchev–Trinajstić information content (AvgIpc) is 3.17. The number of alkyl halides is 3. The number of rotatable bonds is 5. The van der Waals surface area contributed by atoms with E-state index >= 15 is 0 Å². The van der Waals surface area contributed by atoms with E-state index in [0.29, 0.717) is 12.7 Å². The lowest BCUT2D eigenvalue weighted by Crippen LogP contribution is -2.47. The summed E-state index contributed by atoms with van der Waals surface area (Å²) >= 11 is 7.07. The summed E-state index contributed by atoms with van der Waals surface area (Å²) in [6, 6.07) is 0. The van der Waals surface area contributed by atoms with E-state index in [2.05, 4.69) is 30.9 Å². The van der Waals surface area contributed by atoms with Gasteiger partial charge in [-0.15, -0.1) is 5.11 Å². The molecule has 1 saturated heterocycles. The van der Waals surface area contributed by atoms with Crippen LogP contribution in [0.1, 0.15) is 17.0 Å². The van der Waals surface area contributed by atoms with E-state index in [1.54, 1.807) is 0 Å². The van der Waals surface area contributed by atoms with Gasteiger partial charge in [0, 0.05) is 19.8 Å².